The molecule has 0 N–H and O–H groups in total. The van der Waals surface area contributed by atoms with Gasteiger partial charge in [0, 0.05) is 0 Å². The number of benzene rings is 1. The van der Waals surface area contributed by atoms with E-state index in [0.29, 0.717) is 0 Å². The maximum absolute atomic E-state index is 5.60. The summed E-state index contributed by atoms with van der Waals surface area (Å²) in [6.45, 7) is 7.64. The molecule has 2 fully saturated rings. The van der Waals surface area contributed by atoms with Crippen LogP contribution in [0.3, 0.4) is 0 Å². The van der Waals surface area contributed by atoms with Gasteiger partial charge >= 0.3 is 0 Å². The summed E-state index contributed by atoms with van der Waals surface area (Å²) < 4.78 is 5.60. The molecule has 0 saturated heterocycles. The predicted octanol–water partition coefficient (Wildman–Crippen LogP) is 7.21. The molecule has 0 spiro atoms. The minimum atomic E-state index is 0.751. The average molecular weight is 343 g/mol. The Bertz CT molecular complexity index is 497. The fourth-order valence-electron chi connectivity index (χ4n) is 5.70. The molecule has 0 amide bonds. The molecule has 140 valence electrons. The summed E-state index contributed by atoms with van der Waals surface area (Å²) in [4.78, 5) is 0. The van der Waals surface area contributed by atoms with E-state index in [1.54, 1.807) is 0 Å². The van der Waals surface area contributed by atoms with Gasteiger partial charge in [0.1, 0.15) is 5.75 Å². The van der Waals surface area contributed by atoms with Crippen LogP contribution in [-0.4, -0.2) is 6.61 Å². The van der Waals surface area contributed by atoms with E-state index in [1.165, 1.54) is 63.4 Å². The van der Waals surface area contributed by atoms with Crippen molar-refractivity contribution in [3.8, 4) is 5.75 Å². The maximum Gasteiger partial charge on any atom is 0.119 e. The van der Waals surface area contributed by atoms with Gasteiger partial charge in [-0.3, -0.25) is 0 Å². The topological polar surface area (TPSA) is 9.23 Å². The highest BCUT2D eigenvalue weighted by atomic mass is 16.5. The molecule has 0 aromatic heterocycles. The van der Waals surface area contributed by atoms with Crippen LogP contribution in [0.15, 0.2) is 24.3 Å². The predicted molar refractivity (Wildman–Crippen MR) is 107 cm³/mol. The minimum Gasteiger partial charge on any atom is -0.494 e. The average Bonchev–Trinajstić information content (AvgIpc) is 2.64. The Morgan fingerprint density at radius 2 is 1.56 bits per heavy atom. The lowest BCUT2D eigenvalue weighted by molar-refractivity contribution is 0.130. The zero-order chi connectivity index (χ0) is 17.6. The van der Waals surface area contributed by atoms with Crippen LogP contribution in [0.25, 0.3) is 0 Å². The van der Waals surface area contributed by atoms with Gasteiger partial charge in [-0.1, -0.05) is 51.7 Å². The first-order chi connectivity index (χ1) is 12.2. The molecule has 0 aliphatic heterocycles. The Labute approximate surface area is 155 Å². The molecule has 2 saturated carbocycles. The second-order valence-corrected chi connectivity index (χ2v) is 8.73. The van der Waals surface area contributed by atoms with Crippen molar-refractivity contribution in [3.05, 3.63) is 29.8 Å². The highest BCUT2D eigenvalue weighted by Crippen LogP contribution is 2.47. The maximum atomic E-state index is 5.60. The van der Waals surface area contributed by atoms with Crippen LogP contribution in [0.4, 0.5) is 0 Å². The van der Waals surface area contributed by atoms with Crippen molar-refractivity contribution in [1.29, 1.82) is 0 Å². The van der Waals surface area contributed by atoms with Gasteiger partial charge in [0.2, 0.25) is 0 Å². The Hall–Kier alpha value is -0.980. The Morgan fingerprint density at radius 3 is 2.16 bits per heavy atom. The summed E-state index contributed by atoms with van der Waals surface area (Å²) in [5.74, 6) is 5.65. The van der Waals surface area contributed by atoms with Crippen molar-refractivity contribution in [3.63, 3.8) is 0 Å². The molecular weight excluding hydrogens is 304 g/mol. The molecule has 1 heteroatoms. The Balaban J connectivity index is 1.52. The fraction of sp³-hybridized carbons (Fsp3) is 0.750. The molecule has 3 rings (SSSR count). The van der Waals surface area contributed by atoms with E-state index in [9.17, 15) is 0 Å². The molecule has 2 aliphatic rings. The highest BCUT2D eigenvalue weighted by Gasteiger charge is 2.34. The van der Waals surface area contributed by atoms with Crippen LogP contribution in [0, 0.1) is 23.7 Å². The van der Waals surface area contributed by atoms with Crippen molar-refractivity contribution in [2.75, 3.05) is 6.61 Å². The van der Waals surface area contributed by atoms with Gasteiger partial charge in [-0.15, -0.1) is 0 Å². The van der Waals surface area contributed by atoms with E-state index >= 15 is 0 Å². The zero-order valence-corrected chi connectivity index (χ0v) is 16.7. The van der Waals surface area contributed by atoms with E-state index in [2.05, 4.69) is 38.1 Å². The number of hydrogen-bond acceptors (Lipinski definition) is 1. The molecule has 0 heterocycles. The van der Waals surface area contributed by atoms with Crippen molar-refractivity contribution >= 4 is 0 Å². The van der Waals surface area contributed by atoms with Crippen molar-refractivity contribution in [1.82, 2.24) is 0 Å². The van der Waals surface area contributed by atoms with E-state index in [1.807, 2.05) is 6.92 Å². The van der Waals surface area contributed by atoms with Crippen LogP contribution in [0.1, 0.15) is 90.0 Å². The van der Waals surface area contributed by atoms with Gasteiger partial charge in [0.25, 0.3) is 0 Å². The zero-order valence-electron chi connectivity index (χ0n) is 16.7. The molecule has 3 atom stereocenters. The number of rotatable bonds is 6. The summed E-state index contributed by atoms with van der Waals surface area (Å²) in [6.07, 6.45) is 13.1. The first kappa shape index (κ1) is 18.8. The summed E-state index contributed by atoms with van der Waals surface area (Å²) >= 11 is 0. The first-order valence-electron chi connectivity index (χ1n) is 10.9. The standard InChI is InChI=1S/C24H38O/c1-4-6-19-7-9-20(10-8-19)22-13-16-24(18(3)17-22)21-11-14-23(15-12-21)25-5-2/h11-12,14-15,18-20,22,24H,4-10,13,16-17H2,1-3H3. The third kappa shape index (κ3) is 4.80. The highest BCUT2D eigenvalue weighted by molar-refractivity contribution is 5.30. The quantitative estimate of drug-likeness (QED) is 0.530. The Morgan fingerprint density at radius 1 is 0.880 bits per heavy atom. The molecule has 25 heavy (non-hydrogen) atoms. The third-order valence-electron chi connectivity index (χ3n) is 7.08. The second-order valence-electron chi connectivity index (χ2n) is 8.73. The Kier molecular flexibility index (Phi) is 6.84. The number of ether oxygens (including phenoxy) is 1. The van der Waals surface area contributed by atoms with Crippen LogP contribution in [-0.2, 0) is 0 Å². The molecule has 1 aromatic rings. The normalized spacial score (nSPS) is 33.2. The molecule has 0 bridgehead atoms. The smallest absolute Gasteiger partial charge is 0.119 e. The lowest BCUT2D eigenvalue weighted by Crippen LogP contribution is -2.29. The van der Waals surface area contributed by atoms with Crippen molar-refractivity contribution in [2.24, 2.45) is 23.7 Å². The third-order valence-corrected chi connectivity index (χ3v) is 7.08. The van der Waals surface area contributed by atoms with Crippen LogP contribution < -0.4 is 4.74 Å². The molecule has 1 aromatic carbocycles. The van der Waals surface area contributed by atoms with Gasteiger partial charge in [-0.25, -0.2) is 0 Å². The van der Waals surface area contributed by atoms with Gasteiger partial charge in [0.15, 0.2) is 0 Å². The van der Waals surface area contributed by atoms with Crippen LogP contribution >= 0.6 is 0 Å². The summed E-state index contributed by atoms with van der Waals surface area (Å²) in [7, 11) is 0. The monoisotopic (exact) mass is 342 g/mol. The lowest BCUT2D eigenvalue weighted by atomic mass is 9.65. The van der Waals surface area contributed by atoms with Gasteiger partial charge < -0.3 is 4.74 Å². The van der Waals surface area contributed by atoms with Gasteiger partial charge in [-0.2, -0.15) is 0 Å². The first-order valence-corrected chi connectivity index (χ1v) is 10.9. The van der Waals surface area contributed by atoms with Crippen molar-refractivity contribution in [2.45, 2.75) is 84.5 Å². The van der Waals surface area contributed by atoms with Gasteiger partial charge in [0.05, 0.1) is 6.61 Å². The van der Waals surface area contributed by atoms with Gasteiger partial charge in [-0.05, 0) is 86.3 Å². The molecular formula is C24H38O. The fourth-order valence-corrected chi connectivity index (χ4v) is 5.70. The molecule has 2 aliphatic carbocycles. The molecule has 0 radical (unpaired) electrons. The van der Waals surface area contributed by atoms with Crippen LogP contribution in [0.2, 0.25) is 0 Å². The van der Waals surface area contributed by atoms with Crippen LogP contribution in [0.5, 0.6) is 5.75 Å². The summed E-state index contributed by atoms with van der Waals surface area (Å²) in [5.41, 5.74) is 1.53. The van der Waals surface area contributed by atoms with E-state index in [0.717, 1.165) is 41.9 Å². The van der Waals surface area contributed by atoms with E-state index in [4.69, 9.17) is 4.74 Å². The molecule has 1 nitrogen and oxygen atoms in total. The SMILES string of the molecule is CCCC1CCC(C2CCC(c3ccc(OCC)cc3)C(C)C2)CC1. The lowest BCUT2D eigenvalue weighted by Gasteiger charge is -2.41. The minimum absolute atomic E-state index is 0.751. The summed E-state index contributed by atoms with van der Waals surface area (Å²) in [6, 6.07) is 8.93. The van der Waals surface area contributed by atoms with E-state index in [-0.39, 0.29) is 0 Å². The van der Waals surface area contributed by atoms with Crippen molar-refractivity contribution < 1.29 is 4.74 Å². The van der Waals surface area contributed by atoms with E-state index < -0.39 is 0 Å². The number of hydrogen-bond donors (Lipinski definition) is 0. The summed E-state index contributed by atoms with van der Waals surface area (Å²) in [5, 5.41) is 0. The largest absolute Gasteiger partial charge is 0.494 e. The second kappa shape index (κ2) is 9.10. The molecule has 3 unspecified atom stereocenters.